The number of hydrogen-bond acceptors (Lipinski definition) is 6. The number of aromatic carboxylic acids is 1. The van der Waals surface area contributed by atoms with Crippen molar-refractivity contribution in [1.82, 2.24) is 4.57 Å². The second kappa shape index (κ2) is 6.42. The summed E-state index contributed by atoms with van der Waals surface area (Å²) in [6, 6.07) is -0.508. The van der Waals surface area contributed by atoms with Crippen molar-refractivity contribution in [2.45, 2.75) is 24.9 Å². The van der Waals surface area contributed by atoms with Gasteiger partial charge in [0.2, 0.25) is 5.43 Å². The van der Waals surface area contributed by atoms with E-state index in [4.69, 9.17) is 17.2 Å². The summed E-state index contributed by atoms with van der Waals surface area (Å²) in [5.74, 6) is -3.62. The lowest BCUT2D eigenvalue weighted by Gasteiger charge is -2.23. The summed E-state index contributed by atoms with van der Waals surface area (Å²) in [6.07, 6.45) is 2.52. The molecule has 28 heavy (non-hydrogen) atoms. The maximum atomic E-state index is 15.6. The smallest absolute Gasteiger partial charge is 0.341 e. The highest BCUT2D eigenvalue weighted by Crippen LogP contribution is 2.42. The molecule has 2 unspecified atom stereocenters. The number of halogens is 2. The Morgan fingerprint density at radius 3 is 2.46 bits per heavy atom. The topological polar surface area (TPSA) is 141 Å². The Morgan fingerprint density at radius 1 is 1.25 bits per heavy atom. The molecular weight excluding hydrogens is 372 g/mol. The number of nitrogens with zero attached hydrogens (tertiary/aromatic N) is 2. The Balaban J connectivity index is 2.03. The summed E-state index contributed by atoms with van der Waals surface area (Å²) < 4.78 is 32.0. The van der Waals surface area contributed by atoms with Crippen LogP contribution >= 0.6 is 0 Å². The van der Waals surface area contributed by atoms with E-state index >= 15 is 8.78 Å². The first-order valence-corrected chi connectivity index (χ1v) is 9.05. The number of pyridine rings is 1. The maximum Gasteiger partial charge on any atom is 0.341 e. The van der Waals surface area contributed by atoms with Gasteiger partial charge in [0.05, 0.1) is 16.6 Å². The third-order valence-corrected chi connectivity index (χ3v) is 5.65. The number of carbonyl (C=O) groups is 1. The zero-order valence-corrected chi connectivity index (χ0v) is 15.0. The number of fused-ring (bicyclic) bond motifs is 1. The number of carboxylic acids is 1. The molecule has 7 N–H and O–H groups in total. The van der Waals surface area contributed by atoms with E-state index in [1.807, 2.05) is 0 Å². The zero-order valence-electron chi connectivity index (χ0n) is 15.0. The molecule has 1 aliphatic carbocycles. The average molecular weight is 393 g/mol. The molecule has 2 aliphatic rings. The lowest BCUT2D eigenvalue weighted by Crippen LogP contribution is -2.33. The Morgan fingerprint density at radius 2 is 1.93 bits per heavy atom. The van der Waals surface area contributed by atoms with Gasteiger partial charge in [-0.3, -0.25) is 4.79 Å². The van der Waals surface area contributed by atoms with Gasteiger partial charge in [0.1, 0.15) is 11.3 Å². The quantitative estimate of drug-likeness (QED) is 0.558. The van der Waals surface area contributed by atoms with E-state index in [0.29, 0.717) is 12.8 Å². The summed E-state index contributed by atoms with van der Waals surface area (Å²) in [6.45, 7) is 0.734. The standard InChI is InChI=1S/C18H21F2N5O3/c19-12-14(23)11-15(13(20)16(12)24-4-7(3-21)10(22)6-24)25(8-1-2-8)5-9(17(11)26)18(27)28/h5,7-8,10H,1-4,6,21-23H2,(H,27,28). The lowest BCUT2D eigenvalue weighted by atomic mass is 10.1. The molecule has 0 spiro atoms. The summed E-state index contributed by atoms with van der Waals surface area (Å²) in [5, 5.41) is 8.88. The minimum absolute atomic E-state index is 0.129. The Hall–Kier alpha value is -2.72. The molecule has 2 atom stereocenters. The Labute approximate surface area is 158 Å². The van der Waals surface area contributed by atoms with Crippen LogP contribution in [-0.4, -0.2) is 41.3 Å². The molecule has 1 aliphatic heterocycles. The van der Waals surface area contributed by atoms with Gasteiger partial charge in [0, 0.05) is 37.3 Å². The van der Waals surface area contributed by atoms with Gasteiger partial charge in [-0.05, 0) is 19.4 Å². The average Bonchev–Trinajstić information content (AvgIpc) is 3.42. The molecule has 150 valence electrons. The number of nitrogen functional groups attached to an aromatic ring is 1. The van der Waals surface area contributed by atoms with Gasteiger partial charge in [-0.25, -0.2) is 13.6 Å². The molecule has 2 heterocycles. The van der Waals surface area contributed by atoms with Crippen LogP contribution in [0.1, 0.15) is 29.2 Å². The molecule has 8 nitrogen and oxygen atoms in total. The monoisotopic (exact) mass is 393 g/mol. The normalized spacial score (nSPS) is 22.2. The molecule has 10 heteroatoms. The number of hydrogen-bond donors (Lipinski definition) is 4. The molecule has 1 aromatic carbocycles. The van der Waals surface area contributed by atoms with Crippen LogP contribution in [0.5, 0.6) is 0 Å². The van der Waals surface area contributed by atoms with Gasteiger partial charge >= 0.3 is 5.97 Å². The van der Waals surface area contributed by atoms with E-state index in [2.05, 4.69) is 0 Å². The predicted octanol–water partition coefficient (Wildman–Crippen LogP) is 0.617. The van der Waals surface area contributed by atoms with E-state index in [1.165, 1.54) is 9.47 Å². The van der Waals surface area contributed by atoms with Crippen LogP contribution in [0.3, 0.4) is 0 Å². The van der Waals surface area contributed by atoms with Crippen molar-refractivity contribution in [3.05, 3.63) is 33.6 Å². The fourth-order valence-electron chi connectivity index (χ4n) is 3.95. The van der Waals surface area contributed by atoms with Gasteiger partial charge in [-0.15, -0.1) is 0 Å². The largest absolute Gasteiger partial charge is 0.477 e. The Kier molecular flexibility index (Phi) is 4.27. The van der Waals surface area contributed by atoms with Gasteiger partial charge < -0.3 is 31.8 Å². The summed E-state index contributed by atoms with van der Waals surface area (Å²) in [7, 11) is 0. The molecular formula is C18H21F2N5O3. The van der Waals surface area contributed by atoms with E-state index in [0.717, 1.165) is 6.20 Å². The highest BCUT2D eigenvalue weighted by molar-refractivity contribution is 5.99. The first-order valence-electron chi connectivity index (χ1n) is 9.05. The van der Waals surface area contributed by atoms with Crippen molar-refractivity contribution in [1.29, 1.82) is 0 Å². The highest BCUT2D eigenvalue weighted by Gasteiger charge is 2.36. The van der Waals surface area contributed by atoms with Crippen LogP contribution in [0.25, 0.3) is 10.9 Å². The minimum Gasteiger partial charge on any atom is -0.477 e. The molecule has 2 fully saturated rings. The van der Waals surface area contributed by atoms with Gasteiger partial charge in [-0.2, -0.15) is 0 Å². The van der Waals surface area contributed by atoms with Crippen molar-refractivity contribution < 1.29 is 18.7 Å². The molecule has 0 radical (unpaired) electrons. The van der Waals surface area contributed by atoms with Gasteiger partial charge in [0.25, 0.3) is 0 Å². The van der Waals surface area contributed by atoms with E-state index in [1.54, 1.807) is 0 Å². The van der Waals surface area contributed by atoms with E-state index < -0.39 is 39.7 Å². The zero-order chi connectivity index (χ0) is 20.3. The van der Waals surface area contributed by atoms with Crippen molar-refractivity contribution in [3.8, 4) is 0 Å². The van der Waals surface area contributed by atoms with Crippen molar-refractivity contribution in [2.24, 2.45) is 17.4 Å². The number of anilines is 2. The highest BCUT2D eigenvalue weighted by atomic mass is 19.1. The van der Waals surface area contributed by atoms with E-state index in [9.17, 15) is 14.7 Å². The minimum atomic E-state index is -1.47. The fourth-order valence-corrected chi connectivity index (χ4v) is 3.95. The number of nitrogens with two attached hydrogens (primary N) is 3. The van der Waals surface area contributed by atoms with Crippen LogP contribution in [-0.2, 0) is 0 Å². The first kappa shape index (κ1) is 18.6. The SMILES string of the molecule is NCC1CN(c2c(F)c(N)c3c(=O)c(C(=O)O)cn(C4CC4)c3c2F)CC1N. The summed E-state index contributed by atoms with van der Waals surface area (Å²) in [4.78, 5) is 25.5. The van der Waals surface area contributed by atoms with Crippen molar-refractivity contribution in [2.75, 3.05) is 30.3 Å². The first-order chi connectivity index (χ1) is 13.3. The van der Waals surface area contributed by atoms with Crippen molar-refractivity contribution in [3.63, 3.8) is 0 Å². The van der Waals surface area contributed by atoms with Gasteiger partial charge in [-0.1, -0.05) is 0 Å². The number of carboxylic acid groups (broad SMARTS) is 1. The Bertz CT molecular complexity index is 1050. The van der Waals surface area contributed by atoms with Crippen LogP contribution in [0, 0.1) is 17.6 Å². The summed E-state index contributed by atoms with van der Waals surface area (Å²) in [5.41, 5.74) is 14.9. The third kappa shape index (κ3) is 2.63. The van der Waals surface area contributed by atoms with Crippen LogP contribution in [0.4, 0.5) is 20.2 Å². The van der Waals surface area contributed by atoms with Crippen LogP contribution < -0.4 is 27.5 Å². The predicted molar refractivity (Wildman–Crippen MR) is 100 cm³/mol. The molecule has 2 aromatic rings. The molecule has 1 aromatic heterocycles. The van der Waals surface area contributed by atoms with Crippen LogP contribution in [0.15, 0.2) is 11.0 Å². The summed E-state index contributed by atoms with van der Waals surface area (Å²) >= 11 is 0. The maximum absolute atomic E-state index is 15.6. The van der Waals surface area contributed by atoms with Crippen LogP contribution in [0.2, 0.25) is 0 Å². The number of benzene rings is 1. The molecule has 4 rings (SSSR count). The second-order valence-electron chi connectivity index (χ2n) is 7.49. The number of rotatable bonds is 4. The van der Waals surface area contributed by atoms with Crippen molar-refractivity contribution >= 4 is 28.2 Å². The fraction of sp³-hybridized carbons (Fsp3) is 0.444. The van der Waals surface area contributed by atoms with E-state index in [-0.39, 0.29) is 48.8 Å². The second-order valence-corrected chi connectivity index (χ2v) is 7.49. The molecule has 0 bridgehead atoms. The number of aromatic nitrogens is 1. The molecule has 0 amide bonds. The van der Waals surface area contributed by atoms with Gasteiger partial charge in [0.15, 0.2) is 11.6 Å². The molecule has 1 saturated heterocycles. The third-order valence-electron chi connectivity index (χ3n) is 5.65. The lowest BCUT2D eigenvalue weighted by molar-refractivity contribution is 0.0695. The molecule has 1 saturated carbocycles.